The molecule has 1 aromatic rings. The van der Waals surface area contributed by atoms with Crippen LogP contribution in [0.3, 0.4) is 0 Å². The number of carbonyl (C=O) groups excluding carboxylic acids is 1. The summed E-state index contributed by atoms with van der Waals surface area (Å²) in [5.41, 5.74) is 0.617. The van der Waals surface area contributed by atoms with Crippen LogP contribution in [0.2, 0.25) is 0 Å². The Morgan fingerprint density at radius 2 is 1.90 bits per heavy atom. The molecule has 2 rings (SSSR count). The minimum Gasteiger partial charge on any atom is -0.494 e. The van der Waals surface area contributed by atoms with Gasteiger partial charge in [-0.2, -0.15) is 0 Å². The number of hydrogen-bond acceptors (Lipinski definition) is 5. The van der Waals surface area contributed by atoms with Crippen LogP contribution in [-0.2, 0) is 4.74 Å². The molecule has 0 N–H and O–H groups in total. The zero-order valence-corrected chi connectivity index (χ0v) is 12.8. The highest BCUT2D eigenvalue weighted by atomic mass is 16.5. The molecule has 0 bridgehead atoms. The Morgan fingerprint density at radius 1 is 1.19 bits per heavy atom. The van der Waals surface area contributed by atoms with Crippen molar-refractivity contribution < 1.29 is 19.0 Å². The monoisotopic (exact) mass is 293 g/mol. The highest BCUT2D eigenvalue weighted by Crippen LogP contribution is 2.26. The highest BCUT2D eigenvalue weighted by molar-refractivity contribution is 6.00. The summed E-state index contributed by atoms with van der Waals surface area (Å²) in [6.07, 6.45) is 0. The predicted molar refractivity (Wildman–Crippen MR) is 80.4 cm³/mol. The second kappa shape index (κ2) is 8.00. The van der Waals surface area contributed by atoms with Gasteiger partial charge >= 0.3 is 0 Å². The molecule has 0 unspecified atom stereocenters. The minimum atomic E-state index is 0.0726. The maximum atomic E-state index is 12.5. The fourth-order valence-corrected chi connectivity index (χ4v) is 2.31. The smallest absolute Gasteiger partial charge is 0.180 e. The van der Waals surface area contributed by atoms with E-state index in [2.05, 4.69) is 4.90 Å². The molecule has 21 heavy (non-hydrogen) atoms. The SMILES string of the molecule is CCOc1ccc(C(=O)CN2CCOCC2)c(OCC)c1. The quantitative estimate of drug-likeness (QED) is 0.720. The summed E-state index contributed by atoms with van der Waals surface area (Å²) in [6, 6.07) is 5.40. The molecule has 1 aromatic carbocycles. The molecule has 0 spiro atoms. The summed E-state index contributed by atoms with van der Waals surface area (Å²) in [6.45, 7) is 8.32. The Hall–Kier alpha value is -1.59. The molecule has 0 radical (unpaired) electrons. The van der Waals surface area contributed by atoms with Gasteiger partial charge in [-0.1, -0.05) is 0 Å². The van der Waals surface area contributed by atoms with Gasteiger partial charge in [-0.25, -0.2) is 0 Å². The van der Waals surface area contributed by atoms with E-state index in [4.69, 9.17) is 14.2 Å². The zero-order valence-electron chi connectivity index (χ0n) is 12.8. The summed E-state index contributed by atoms with van der Waals surface area (Å²) in [4.78, 5) is 14.6. The molecular formula is C16H23NO4. The number of rotatable bonds is 7. The van der Waals surface area contributed by atoms with E-state index >= 15 is 0 Å². The molecule has 1 fully saturated rings. The Kier molecular flexibility index (Phi) is 6.02. The Bertz CT molecular complexity index is 469. The molecule has 0 aliphatic carbocycles. The molecule has 1 aliphatic heterocycles. The predicted octanol–water partition coefficient (Wildman–Crippen LogP) is 2.00. The van der Waals surface area contributed by atoms with Gasteiger partial charge in [0.05, 0.1) is 38.5 Å². The largest absolute Gasteiger partial charge is 0.494 e. The maximum Gasteiger partial charge on any atom is 0.180 e. The van der Waals surface area contributed by atoms with Gasteiger partial charge in [0.15, 0.2) is 5.78 Å². The Morgan fingerprint density at radius 3 is 2.57 bits per heavy atom. The third kappa shape index (κ3) is 4.44. The van der Waals surface area contributed by atoms with Gasteiger partial charge in [-0.05, 0) is 26.0 Å². The van der Waals surface area contributed by atoms with E-state index < -0.39 is 0 Å². The van der Waals surface area contributed by atoms with E-state index in [1.165, 1.54) is 0 Å². The molecule has 5 nitrogen and oxygen atoms in total. The molecule has 0 atom stereocenters. The van der Waals surface area contributed by atoms with Crippen molar-refractivity contribution in [1.82, 2.24) is 4.90 Å². The second-order valence-electron chi connectivity index (χ2n) is 4.84. The van der Waals surface area contributed by atoms with Crippen molar-refractivity contribution in [3.05, 3.63) is 23.8 Å². The number of ether oxygens (including phenoxy) is 3. The fraction of sp³-hybridized carbons (Fsp3) is 0.562. The van der Waals surface area contributed by atoms with Gasteiger partial charge in [-0.3, -0.25) is 9.69 Å². The lowest BCUT2D eigenvalue weighted by molar-refractivity contribution is 0.0370. The average Bonchev–Trinajstić information content (AvgIpc) is 2.49. The number of carbonyl (C=O) groups is 1. The first-order chi connectivity index (χ1) is 10.2. The molecule has 1 aliphatic rings. The first-order valence-corrected chi connectivity index (χ1v) is 7.47. The van der Waals surface area contributed by atoms with Gasteiger partial charge < -0.3 is 14.2 Å². The normalized spacial score (nSPS) is 15.7. The lowest BCUT2D eigenvalue weighted by Crippen LogP contribution is -2.39. The van der Waals surface area contributed by atoms with Crippen molar-refractivity contribution in [2.24, 2.45) is 0 Å². The van der Waals surface area contributed by atoms with Crippen LogP contribution in [0.4, 0.5) is 0 Å². The van der Waals surface area contributed by atoms with Gasteiger partial charge in [0.25, 0.3) is 0 Å². The van der Waals surface area contributed by atoms with Crippen molar-refractivity contribution in [1.29, 1.82) is 0 Å². The van der Waals surface area contributed by atoms with E-state index in [0.29, 0.717) is 44.3 Å². The van der Waals surface area contributed by atoms with E-state index in [-0.39, 0.29) is 5.78 Å². The summed E-state index contributed by atoms with van der Waals surface area (Å²) >= 11 is 0. The molecule has 116 valence electrons. The Labute approximate surface area is 125 Å². The summed E-state index contributed by atoms with van der Waals surface area (Å²) < 4.78 is 16.3. The van der Waals surface area contributed by atoms with Crippen molar-refractivity contribution >= 4 is 5.78 Å². The van der Waals surface area contributed by atoms with Crippen LogP contribution in [0.5, 0.6) is 11.5 Å². The Balaban J connectivity index is 2.10. The number of Topliss-reactive ketones (excluding diaryl/α,β-unsaturated/α-hetero) is 1. The number of morpholine rings is 1. The number of nitrogens with zero attached hydrogens (tertiary/aromatic N) is 1. The molecule has 1 heterocycles. The van der Waals surface area contributed by atoms with Crippen molar-refractivity contribution in [3.63, 3.8) is 0 Å². The molecule has 0 amide bonds. The first kappa shape index (κ1) is 15.8. The minimum absolute atomic E-state index is 0.0726. The zero-order chi connectivity index (χ0) is 15.1. The molecule has 5 heteroatoms. The third-order valence-electron chi connectivity index (χ3n) is 3.34. The highest BCUT2D eigenvalue weighted by Gasteiger charge is 2.19. The molecular weight excluding hydrogens is 270 g/mol. The first-order valence-electron chi connectivity index (χ1n) is 7.47. The van der Waals surface area contributed by atoms with Gasteiger partial charge in [-0.15, -0.1) is 0 Å². The van der Waals surface area contributed by atoms with E-state index in [1.54, 1.807) is 12.1 Å². The number of hydrogen-bond donors (Lipinski definition) is 0. The van der Waals surface area contributed by atoms with Crippen LogP contribution in [0.25, 0.3) is 0 Å². The van der Waals surface area contributed by atoms with E-state index in [0.717, 1.165) is 18.8 Å². The topological polar surface area (TPSA) is 48.0 Å². The maximum absolute atomic E-state index is 12.5. The number of benzene rings is 1. The third-order valence-corrected chi connectivity index (χ3v) is 3.34. The second-order valence-corrected chi connectivity index (χ2v) is 4.84. The van der Waals surface area contributed by atoms with Crippen molar-refractivity contribution in [2.75, 3.05) is 46.1 Å². The van der Waals surface area contributed by atoms with Crippen molar-refractivity contribution in [2.45, 2.75) is 13.8 Å². The average molecular weight is 293 g/mol. The van der Waals surface area contributed by atoms with Crippen LogP contribution in [-0.4, -0.2) is 56.7 Å². The molecule has 0 aromatic heterocycles. The lowest BCUT2D eigenvalue weighted by atomic mass is 10.1. The standard InChI is InChI=1S/C16H23NO4/c1-3-20-13-5-6-14(16(11-13)21-4-2)15(18)12-17-7-9-19-10-8-17/h5-6,11H,3-4,7-10,12H2,1-2H3. The van der Waals surface area contributed by atoms with Crippen LogP contribution < -0.4 is 9.47 Å². The lowest BCUT2D eigenvalue weighted by Gasteiger charge is -2.26. The summed E-state index contributed by atoms with van der Waals surface area (Å²) in [5.74, 6) is 1.40. The van der Waals surface area contributed by atoms with Crippen LogP contribution in [0.15, 0.2) is 18.2 Å². The summed E-state index contributed by atoms with van der Waals surface area (Å²) in [7, 11) is 0. The van der Waals surface area contributed by atoms with Crippen LogP contribution >= 0.6 is 0 Å². The van der Waals surface area contributed by atoms with Gasteiger partial charge in [0, 0.05) is 19.2 Å². The number of ketones is 1. The molecule has 0 saturated carbocycles. The van der Waals surface area contributed by atoms with Crippen LogP contribution in [0, 0.1) is 0 Å². The fourth-order valence-electron chi connectivity index (χ4n) is 2.31. The van der Waals surface area contributed by atoms with E-state index in [9.17, 15) is 4.79 Å². The van der Waals surface area contributed by atoms with Gasteiger partial charge in [0.1, 0.15) is 11.5 Å². The van der Waals surface area contributed by atoms with Gasteiger partial charge in [0.2, 0.25) is 0 Å². The van der Waals surface area contributed by atoms with E-state index in [1.807, 2.05) is 19.9 Å². The van der Waals surface area contributed by atoms with Crippen LogP contribution in [0.1, 0.15) is 24.2 Å². The molecule has 1 saturated heterocycles. The summed E-state index contributed by atoms with van der Waals surface area (Å²) in [5, 5.41) is 0. The van der Waals surface area contributed by atoms with Crippen molar-refractivity contribution in [3.8, 4) is 11.5 Å².